The van der Waals surface area contributed by atoms with Crippen molar-refractivity contribution in [3.63, 3.8) is 0 Å². The zero-order valence-corrected chi connectivity index (χ0v) is 21.7. The molecular weight excluding hydrogens is 416 g/mol. The van der Waals surface area contributed by atoms with Crippen LogP contribution in [0.25, 0.3) is 0 Å². The molecular formula is C27H46N2O4. The third-order valence-electron chi connectivity index (χ3n) is 5.79. The molecule has 1 aliphatic rings. The molecule has 1 aromatic carbocycles. The van der Waals surface area contributed by atoms with Crippen molar-refractivity contribution in [1.82, 2.24) is 10.6 Å². The predicted molar refractivity (Wildman–Crippen MR) is 133 cm³/mol. The van der Waals surface area contributed by atoms with E-state index in [-0.39, 0.29) is 0 Å². The highest BCUT2D eigenvalue weighted by atomic mass is 16.7. The van der Waals surface area contributed by atoms with Crippen LogP contribution in [0.3, 0.4) is 0 Å². The lowest BCUT2D eigenvalue weighted by Crippen LogP contribution is -2.65. The molecule has 0 saturated carbocycles. The Kier molecular flexibility index (Phi) is 10.6. The van der Waals surface area contributed by atoms with Gasteiger partial charge in [-0.2, -0.15) is 0 Å². The van der Waals surface area contributed by atoms with Crippen LogP contribution in [0, 0.1) is 0 Å². The summed E-state index contributed by atoms with van der Waals surface area (Å²) in [4.78, 5) is 12.5. The summed E-state index contributed by atoms with van der Waals surface area (Å²) in [6, 6.07) is 8.83. The Morgan fingerprint density at radius 1 is 0.970 bits per heavy atom. The molecule has 1 aliphatic heterocycles. The lowest BCUT2D eigenvalue weighted by atomic mass is 10.00. The van der Waals surface area contributed by atoms with Crippen molar-refractivity contribution < 1.29 is 19.0 Å². The molecule has 0 spiro atoms. The summed E-state index contributed by atoms with van der Waals surface area (Å²) in [5, 5.41) is 6.46. The highest BCUT2D eigenvalue weighted by molar-refractivity contribution is 5.69. The average molecular weight is 463 g/mol. The molecule has 1 aromatic rings. The number of hydrogen-bond acceptors (Lipinski definition) is 5. The molecule has 1 saturated heterocycles. The second-order valence-electron chi connectivity index (χ2n) is 10.8. The number of aryl methyl sites for hydroxylation is 1. The van der Waals surface area contributed by atoms with Gasteiger partial charge in [-0.15, -0.1) is 0 Å². The van der Waals surface area contributed by atoms with E-state index < -0.39 is 23.0 Å². The fraction of sp³-hybridized carbons (Fsp3) is 0.741. The van der Waals surface area contributed by atoms with Crippen LogP contribution in [0.5, 0.6) is 0 Å². The van der Waals surface area contributed by atoms with Gasteiger partial charge in [0, 0.05) is 13.1 Å². The molecule has 6 nitrogen and oxygen atoms in total. The van der Waals surface area contributed by atoms with Crippen LogP contribution in [0.4, 0.5) is 4.79 Å². The number of amides is 1. The molecule has 1 heterocycles. The minimum absolute atomic E-state index is 0.351. The number of rotatable bonds is 12. The average Bonchev–Trinajstić information content (AvgIpc) is 2.72. The van der Waals surface area contributed by atoms with Crippen LogP contribution in [0.15, 0.2) is 24.3 Å². The minimum atomic E-state index is -0.685. The first-order chi connectivity index (χ1) is 15.5. The zero-order chi connectivity index (χ0) is 24.4. The van der Waals surface area contributed by atoms with E-state index in [1.165, 1.54) is 49.7 Å². The number of benzene rings is 1. The van der Waals surface area contributed by atoms with Crippen LogP contribution in [-0.2, 0) is 27.2 Å². The molecule has 0 aliphatic carbocycles. The van der Waals surface area contributed by atoms with Gasteiger partial charge in [-0.05, 0) is 58.6 Å². The Morgan fingerprint density at radius 2 is 1.55 bits per heavy atom. The Labute approximate surface area is 201 Å². The van der Waals surface area contributed by atoms with Gasteiger partial charge >= 0.3 is 6.09 Å². The summed E-state index contributed by atoms with van der Waals surface area (Å²) in [7, 11) is 0. The van der Waals surface area contributed by atoms with Gasteiger partial charge in [0.2, 0.25) is 0 Å². The molecule has 33 heavy (non-hydrogen) atoms. The molecule has 2 N–H and O–H groups in total. The van der Waals surface area contributed by atoms with E-state index in [0.29, 0.717) is 26.3 Å². The van der Waals surface area contributed by atoms with Crippen molar-refractivity contribution in [1.29, 1.82) is 0 Å². The van der Waals surface area contributed by atoms with Gasteiger partial charge in [0.25, 0.3) is 0 Å². The number of unbranched alkanes of at least 4 members (excludes halogenated alkanes) is 5. The normalized spacial score (nSPS) is 17.5. The van der Waals surface area contributed by atoms with Crippen molar-refractivity contribution in [2.24, 2.45) is 0 Å². The molecule has 2 rings (SSSR count). The zero-order valence-electron chi connectivity index (χ0n) is 21.7. The number of nitrogens with one attached hydrogen (secondary N) is 2. The summed E-state index contributed by atoms with van der Waals surface area (Å²) in [5.74, 6) is -0.662. The molecule has 0 aromatic heterocycles. The molecule has 188 valence electrons. The van der Waals surface area contributed by atoms with Gasteiger partial charge in [-0.25, -0.2) is 4.79 Å². The molecule has 0 bridgehead atoms. The summed E-state index contributed by atoms with van der Waals surface area (Å²) in [5.41, 5.74) is 1.36. The van der Waals surface area contributed by atoms with Gasteiger partial charge in [-0.3, -0.25) is 0 Å². The number of carbonyl (C=O) groups is 1. The third kappa shape index (κ3) is 10.9. The van der Waals surface area contributed by atoms with Gasteiger partial charge in [-0.1, -0.05) is 63.3 Å². The van der Waals surface area contributed by atoms with Gasteiger partial charge in [0.1, 0.15) is 11.1 Å². The summed E-state index contributed by atoms with van der Waals surface area (Å²) < 4.78 is 17.2. The van der Waals surface area contributed by atoms with Crippen LogP contribution >= 0.6 is 0 Å². The minimum Gasteiger partial charge on any atom is -0.444 e. The van der Waals surface area contributed by atoms with E-state index >= 15 is 0 Å². The second kappa shape index (κ2) is 12.7. The highest BCUT2D eigenvalue weighted by Crippen LogP contribution is 2.24. The van der Waals surface area contributed by atoms with Gasteiger partial charge in [0.05, 0.1) is 13.2 Å². The number of hydrogen-bond donors (Lipinski definition) is 2. The monoisotopic (exact) mass is 462 g/mol. The molecule has 0 radical (unpaired) electrons. The van der Waals surface area contributed by atoms with Crippen molar-refractivity contribution in [3.8, 4) is 0 Å². The van der Waals surface area contributed by atoms with E-state index in [1.54, 1.807) is 0 Å². The van der Waals surface area contributed by atoms with E-state index in [4.69, 9.17) is 14.2 Å². The van der Waals surface area contributed by atoms with Crippen molar-refractivity contribution in [2.75, 3.05) is 19.8 Å². The van der Waals surface area contributed by atoms with Crippen molar-refractivity contribution in [3.05, 3.63) is 35.4 Å². The lowest BCUT2D eigenvalue weighted by molar-refractivity contribution is -0.269. The Bertz CT molecular complexity index is 700. The standard InChI is InChI=1S/C27H46N2O4/c1-7-8-9-10-11-12-13-22-14-16-23(17-15-22)18-28-19-27(20-31-26(5,6)32-21-27)29-24(30)33-25(2,3)4/h14-17,28H,7-13,18-21H2,1-6H3,(H,29,30). The summed E-state index contributed by atoms with van der Waals surface area (Å²) in [6.45, 7) is 13.5. The quantitative estimate of drug-likeness (QED) is 0.389. The van der Waals surface area contributed by atoms with Crippen molar-refractivity contribution >= 4 is 6.09 Å². The number of ether oxygens (including phenoxy) is 3. The lowest BCUT2D eigenvalue weighted by Gasteiger charge is -2.44. The maximum Gasteiger partial charge on any atom is 0.408 e. The molecule has 1 amide bonds. The molecule has 0 unspecified atom stereocenters. The third-order valence-corrected chi connectivity index (χ3v) is 5.79. The fourth-order valence-electron chi connectivity index (χ4n) is 3.83. The maximum atomic E-state index is 12.5. The van der Waals surface area contributed by atoms with Crippen LogP contribution in [0.1, 0.15) is 91.2 Å². The van der Waals surface area contributed by atoms with E-state index in [0.717, 1.165) is 6.42 Å². The predicted octanol–water partition coefficient (Wildman–Crippen LogP) is 5.73. The van der Waals surface area contributed by atoms with E-state index in [9.17, 15) is 4.79 Å². The second-order valence-corrected chi connectivity index (χ2v) is 10.8. The first-order valence-electron chi connectivity index (χ1n) is 12.6. The van der Waals surface area contributed by atoms with E-state index in [2.05, 4.69) is 41.8 Å². The Balaban J connectivity index is 1.83. The fourth-order valence-corrected chi connectivity index (χ4v) is 3.83. The van der Waals surface area contributed by atoms with Crippen LogP contribution < -0.4 is 10.6 Å². The number of carbonyl (C=O) groups excluding carboxylic acids is 1. The van der Waals surface area contributed by atoms with Crippen LogP contribution in [0.2, 0.25) is 0 Å². The molecule has 1 fully saturated rings. The first kappa shape index (κ1) is 27.6. The SMILES string of the molecule is CCCCCCCCc1ccc(CNCC2(NC(=O)OC(C)(C)C)COC(C)(C)OC2)cc1. The van der Waals surface area contributed by atoms with Gasteiger partial charge < -0.3 is 24.8 Å². The summed E-state index contributed by atoms with van der Waals surface area (Å²) in [6.07, 6.45) is 8.62. The highest BCUT2D eigenvalue weighted by Gasteiger charge is 2.42. The smallest absolute Gasteiger partial charge is 0.408 e. The molecule has 6 heteroatoms. The first-order valence-corrected chi connectivity index (χ1v) is 12.6. The molecule has 0 atom stereocenters. The largest absolute Gasteiger partial charge is 0.444 e. The Hall–Kier alpha value is -1.63. The Morgan fingerprint density at radius 3 is 2.15 bits per heavy atom. The van der Waals surface area contributed by atoms with Crippen molar-refractivity contribution in [2.45, 2.75) is 110 Å². The topological polar surface area (TPSA) is 68.8 Å². The van der Waals surface area contributed by atoms with E-state index in [1.807, 2.05) is 34.6 Å². The number of alkyl carbamates (subject to hydrolysis) is 1. The van der Waals surface area contributed by atoms with Crippen LogP contribution in [-0.4, -0.2) is 42.8 Å². The maximum absolute atomic E-state index is 12.5. The summed E-state index contributed by atoms with van der Waals surface area (Å²) >= 11 is 0. The van der Waals surface area contributed by atoms with Gasteiger partial charge in [0.15, 0.2) is 5.79 Å².